The largest absolute Gasteiger partial charge is 0.493 e. The Morgan fingerprint density at radius 2 is 2.00 bits per heavy atom. The van der Waals surface area contributed by atoms with E-state index in [-0.39, 0.29) is 6.04 Å². The Morgan fingerprint density at radius 3 is 2.52 bits per heavy atom. The Bertz CT molecular complexity index is 588. The van der Waals surface area contributed by atoms with Crippen LogP contribution in [-0.2, 0) is 6.54 Å². The maximum absolute atomic E-state index is 5.82. The van der Waals surface area contributed by atoms with Crippen molar-refractivity contribution in [3.8, 4) is 5.75 Å². The molecule has 0 saturated heterocycles. The van der Waals surface area contributed by atoms with Crippen molar-refractivity contribution in [2.75, 3.05) is 7.11 Å². The lowest BCUT2D eigenvalue weighted by molar-refractivity contribution is 0.398. The Hall–Kier alpha value is -1.92. The fraction of sp³-hybridized carbons (Fsp3) is 0.467. The van der Waals surface area contributed by atoms with E-state index in [1.54, 1.807) is 13.3 Å². The number of methoxy groups -OCH3 is 1. The third-order valence-corrected chi connectivity index (χ3v) is 3.38. The van der Waals surface area contributed by atoms with Gasteiger partial charge in [0, 0.05) is 17.9 Å². The molecule has 3 N–H and O–H groups in total. The van der Waals surface area contributed by atoms with Crippen LogP contribution in [0.5, 0.6) is 5.75 Å². The topological polar surface area (TPSA) is 78.0 Å². The lowest BCUT2D eigenvalue weighted by atomic mass is 10.0. The predicted molar refractivity (Wildman–Crippen MR) is 81.9 cm³/mol. The highest BCUT2D eigenvalue weighted by Crippen LogP contribution is 2.30. The fourth-order valence-electron chi connectivity index (χ4n) is 2.58. The fourth-order valence-corrected chi connectivity index (χ4v) is 2.58. The van der Waals surface area contributed by atoms with Crippen molar-refractivity contribution in [1.29, 1.82) is 0 Å². The lowest BCUT2D eigenvalue weighted by Crippen LogP contribution is -2.31. The summed E-state index contributed by atoms with van der Waals surface area (Å²) >= 11 is 0. The molecule has 0 aliphatic heterocycles. The third kappa shape index (κ3) is 3.22. The molecule has 0 aliphatic carbocycles. The number of aryl methyl sites for hydroxylation is 3. The summed E-state index contributed by atoms with van der Waals surface area (Å²) in [5, 5.41) is 4.40. The van der Waals surface area contributed by atoms with Crippen LogP contribution in [0.15, 0.2) is 18.3 Å². The second-order valence-corrected chi connectivity index (χ2v) is 5.10. The molecule has 2 heterocycles. The van der Waals surface area contributed by atoms with Gasteiger partial charge in [-0.25, -0.2) is 5.43 Å². The van der Waals surface area contributed by atoms with Crippen LogP contribution < -0.4 is 16.0 Å². The molecule has 2 aromatic rings. The summed E-state index contributed by atoms with van der Waals surface area (Å²) < 4.78 is 7.38. The average molecular weight is 289 g/mol. The van der Waals surface area contributed by atoms with Crippen LogP contribution in [0.3, 0.4) is 0 Å². The average Bonchev–Trinajstić information content (AvgIpc) is 2.82. The van der Waals surface area contributed by atoms with Gasteiger partial charge in [0.15, 0.2) is 5.75 Å². The molecule has 0 aliphatic rings. The number of nitrogens with zero attached hydrogens (tertiary/aromatic N) is 3. The number of rotatable bonds is 6. The molecule has 0 radical (unpaired) electrons. The number of aromatic nitrogens is 3. The molecule has 0 saturated carbocycles. The molecular formula is C15H23N5O. The van der Waals surface area contributed by atoms with Crippen LogP contribution in [0.1, 0.15) is 42.0 Å². The van der Waals surface area contributed by atoms with Crippen LogP contribution in [0.2, 0.25) is 0 Å². The molecule has 0 aromatic carbocycles. The van der Waals surface area contributed by atoms with E-state index in [0.29, 0.717) is 0 Å². The van der Waals surface area contributed by atoms with E-state index >= 15 is 0 Å². The second-order valence-electron chi connectivity index (χ2n) is 5.10. The van der Waals surface area contributed by atoms with E-state index in [1.807, 2.05) is 30.7 Å². The van der Waals surface area contributed by atoms with Crippen molar-refractivity contribution in [3.05, 3.63) is 41.0 Å². The van der Waals surface area contributed by atoms with Gasteiger partial charge in [0.25, 0.3) is 0 Å². The number of hydrogen-bond donors (Lipinski definition) is 2. The smallest absolute Gasteiger partial charge is 0.161 e. The molecule has 2 aromatic heterocycles. The predicted octanol–water partition coefficient (Wildman–Crippen LogP) is 1.87. The summed E-state index contributed by atoms with van der Waals surface area (Å²) in [6.45, 7) is 6.89. The van der Waals surface area contributed by atoms with Gasteiger partial charge in [0.2, 0.25) is 0 Å². The first-order chi connectivity index (χ1) is 10.1. The minimum absolute atomic E-state index is 0.186. The molecule has 21 heavy (non-hydrogen) atoms. The van der Waals surface area contributed by atoms with Gasteiger partial charge in [-0.2, -0.15) is 5.10 Å². The third-order valence-electron chi connectivity index (χ3n) is 3.38. The molecule has 6 nitrogen and oxygen atoms in total. The Morgan fingerprint density at radius 1 is 1.33 bits per heavy atom. The van der Waals surface area contributed by atoms with Gasteiger partial charge in [-0.1, -0.05) is 6.92 Å². The van der Waals surface area contributed by atoms with Crippen molar-refractivity contribution in [2.24, 2.45) is 5.84 Å². The number of hydrazine groups is 1. The zero-order chi connectivity index (χ0) is 15.4. The maximum Gasteiger partial charge on any atom is 0.161 e. The summed E-state index contributed by atoms with van der Waals surface area (Å²) in [6.07, 6.45) is 2.72. The summed E-state index contributed by atoms with van der Waals surface area (Å²) in [4.78, 5) is 4.41. The number of nitrogens with two attached hydrogens (primary N) is 1. The molecular weight excluding hydrogens is 266 g/mol. The second kappa shape index (κ2) is 6.69. The highest BCUT2D eigenvalue weighted by atomic mass is 16.5. The van der Waals surface area contributed by atoms with Crippen LogP contribution in [0.25, 0.3) is 0 Å². The normalized spacial score (nSPS) is 12.4. The molecule has 6 heteroatoms. The number of pyridine rings is 1. The van der Waals surface area contributed by atoms with Crippen molar-refractivity contribution in [3.63, 3.8) is 0 Å². The zero-order valence-corrected chi connectivity index (χ0v) is 13.1. The van der Waals surface area contributed by atoms with Gasteiger partial charge in [0.05, 0.1) is 19.3 Å². The SMILES string of the molecule is CCCn1ncc(OC)c1C(NN)c1cc(C)nc(C)c1. The molecule has 0 spiro atoms. The maximum atomic E-state index is 5.82. The minimum Gasteiger partial charge on any atom is -0.493 e. The first-order valence-corrected chi connectivity index (χ1v) is 7.11. The van der Waals surface area contributed by atoms with Crippen LogP contribution >= 0.6 is 0 Å². The zero-order valence-electron chi connectivity index (χ0n) is 13.1. The highest BCUT2D eigenvalue weighted by molar-refractivity contribution is 5.37. The number of nitrogens with one attached hydrogen (secondary N) is 1. The monoisotopic (exact) mass is 289 g/mol. The van der Waals surface area contributed by atoms with E-state index in [2.05, 4.69) is 22.4 Å². The van der Waals surface area contributed by atoms with E-state index in [1.165, 1.54) is 0 Å². The van der Waals surface area contributed by atoms with Gasteiger partial charge in [-0.05, 0) is 38.0 Å². The lowest BCUT2D eigenvalue weighted by Gasteiger charge is -2.20. The molecule has 0 fully saturated rings. The van der Waals surface area contributed by atoms with Crippen molar-refractivity contribution in [1.82, 2.24) is 20.2 Å². The first-order valence-electron chi connectivity index (χ1n) is 7.11. The quantitative estimate of drug-likeness (QED) is 0.627. The van der Waals surface area contributed by atoms with E-state index in [9.17, 15) is 0 Å². The van der Waals surface area contributed by atoms with Crippen molar-refractivity contribution < 1.29 is 4.74 Å². The Kier molecular flexibility index (Phi) is 4.93. The van der Waals surface area contributed by atoms with Crippen molar-refractivity contribution >= 4 is 0 Å². The van der Waals surface area contributed by atoms with Gasteiger partial charge in [-0.3, -0.25) is 15.5 Å². The Balaban J connectivity index is 2.52. The van der Waals surface area contributed by atoms with Gasteiger partial charge >= 0.3 is 0 Å². The molecule has 0 amide bonds. The van der Waals surface area contributed by atoms with E-state index in [0.717, 1.165) is 41.4 Å². The summed E-state index contributed by atoms with van der Waals surface area (Å²) in [6, 6.07) is 3.87. The summed E-state index contributed by atoms with van der Waals surface area (Å²) in [7, 11) is 1.65. The van der Waals surface area contributed by atoms with Crippen molar-refractivity contribution in [2.45, 2.75) is 39.8 Å². The van der Waals surface area contributed by atoms with Crippen LogP contribution in [0, 0.1) is 13.8 Å². The molecule has 114 valence electrons. The standard InChI is InChI=1S/C15H23N5O/c1-5-6-20-15(13(21-4)9-17-20)14(19-16)12-7-10(2)18-11(3)8-12/h7-9,14,19H,5-6,16H2,1-4H3. The van der Waals surface area contributed by atoms with E-state index < -0.39 is 0 Å². The van der Waals surface area contributed by atoms with Crippen LogP contribution in [0.4, 0.5) is 0 Å². The summed E-state index contributed by atoms with van der Waals surface area (Å²) in [5.41, 5.74) is 6.80. The first kappa shape index (κ1) is 15.5. The number of hydrogen-bond acceptors (Lipinski definition) is 5. The van der Waals surface area contributed by atoms with E-state index in [4.69, 9.17) is 10.6 Å². The highest BCUT2D eigenvalue weighted by Gasteiger charge is 2.23. The van der Waals surface area contributed by atoms with Crippen LogP contribution in [-0.4, -0.2) is 21.9 Å². The van der Waals surface area contributed by atoms with Gasteiger partial charge < -0.3 is 4.74 Å². The summed E-state index contributed by atoms with van der Waals surface area (Å²) in [5.74, 6) is 6.55. The Labute approximate surface area is 125 Å². The number of ether oxygens (including phenoxy) is 1. The molecule has 0 bridgehead atoms. The van der Waals surface area contributed by atoms with Gasteiger partial charge in [-0.15, -0.1) is 0 Å². The molecule has 1 unspecified atom stereocenters. The molecule has 2 rings (SSSR count). The minimum atomic E-state index is -0.186. The molecule has 1 atom stereocenters. The van der Waals surface area contributed by atoms with Gasteiger partial charge in [0.1, 0.15) is 5.69 Å².